The van der Waals surface area contributed by atoms with Gasteiger partial charge in [-0.3, -0.25) is 4.90 Å². The maximum Gasteiger partial charge on any atom is 0.401 e. The molecule has 1 heterocycles. The minimum absolute atomic E-state index is 0.104. The predicted octanol–water partition coefficient (Wildman–Crippen LogP) is 1.76. The highest BCUT2D eigenvalue weighted by Gasteiger charge is 2.35. The van der Waals surface area contributed by atoms with Crippen molar-refractivity contribution in [2.24, 2.45) is 5.92 Å². The van der Waals surface area contributed by atoms with E-state index in [1.54, 1.807) is 0 Å². The van der Waals surface area contributed by atoms with E-state index in [1.165, 1.54) is 6.42 Å². The summed E-state index contributed by atoms with van der Waals surface area (Å²) in [6.07, 6.45) is 0.834. The summed E-state index contributed by atoms with van der Waals surface area (Å²) in [4.78, 5) is 2.32. The molecule has 3 nitrogen and oxygen atoms in total. The molecule has 112 valence electrons. The van der Waals surface area contributed by atoms with Crippen LogP contribution in [-0.4, -0.2) is 54.5 Å². The van der Waals surface area contributed by atoms with Crippen LogP contribution in [0, 0.1) is 5.92 Å². The van der Waals surface area contributed by atoms with E-state index in [1.807, 2.05) is 0 Å². The second-order valence-corrected chi connectivity index (χ2v) is 5.85. The molecule has 2 unspecified atom stereocenters. The fourth-order valence-corrected chi connectivity index (χ4v) is 3.09. The van der Waals surface area contributed by atoms with Crippen LogP contribution in [0.25, 0.3) is 0 Å². The topological polar surface area (TPSA) is 35.5 Å². The van der Waals surface area contributed by atoms with Gasteiger partial charge in [0, 0.05) is 31.8 Å². The molecule has 6 heteroatoms. The molecule has 1 aliphatic carbocycles. The highest BCUT2D eigenvalue weighted by Crippen LogP contribution is 2.30. The number of aliphatic hydroxyl groups excluding tert-OH is 1. The standard InChI is InChI=1S/C13H23F3N2O/c14-13(15,16)9-17-11-6-10(4-5-19)7-18(8-11)12-2-1-3-12/h10-12,17,19H,1-9H2. The summed E-state index contributed by atoms with van der Waals surface area (Å²) in [5.74, 6) is 0.310. The van der Waals surface area contributed by atoms with Gasteiger partial charge in [0.25, 0.3) is 0 Å². The van der Waals surface area contributed by atoms with E-state index in [4.69, 9.17) is 5.11 Å². The van der Waals surface area contributed by atoms with E-state index in [2.05, 4.69) is 10.2 Å². The van der Waals surface area contributed by atoms with Crippen molar-refractivity contribution in [3.05, 3.63) is 0 Å². The third-order valence-corrected chi connectivity index (χ3v) is 4.29. The van der Waals surface area contributed by atoms with Crippen LogP contribution in [0.5, 0.6) is 0 Å². The Hall–Kier alpha value is -0.330. The summed E-state index contributed by atoms with van der Waals surface area (Å²) in [6, 6.07) is 0.448. The molecule has 0 aromatic heterocycles. The molecule has 1 aliphatic heterocycles. The van der Waals surface area contributed by atoms with Crippen LogP contribution >= 0.6 is 0 Å². The lowest BCUT2D eigenvalue weighted by Gasteiger charge is -2.45. The summed E-state index contributed by atoms with van der Waals surface area (Å²) in [5.41, 5.74) is 0. The van der Waals surface area contributed by atoms with E-state index in [9.17, 15) is 13.2 Å². The fourth-order valence-electron chi connectivity index (χ4n) is 3.09. The molecule has 0 bridgehead atoms. The van der Waals surface area contributed by atoms with Crippen molar-refractivity contribution >= 4 is 0 Å². The average molecular weight is 280 g/mol. The largest absolute Gasteiger partial charge is 0.401 e. The van der Waals surface area contributed by atoms with E-state index >= 15 is 0 Å². The molecule has 0 amide bonds. The summed E-state index contributed by atoms with van der Waals surface area (Å²) >= 11 is 0. The average Bonchev–Trinajstić information content (AvgIpc) is 2.23. The highest BCUT2D eigenvalue weighted by atomic mass is 19.4. The van der Waals surface area contributed by atoms with Crippen molar-refractivity contribution in [3.8, 4) is 0 Å². The van der Waals surface area contributed by atoms with Crippen LogP contribution in [0.1, 0.15) is 32.1 Å². The van der Waals surface area contributed by atoms with Gasteiger partial charge >= 0.3 is 6.18 Å². The molecular formula is C13H23F3N2O. The molecule has 2 N–H and O–H groups in total. The lowest BCUT2D eigenvalue weighted by Crippen LogP contribution is -2.55. The van der Waals surface area contributed by atoms with Gasteiger partial charge in [0.05, 0.1) is 6.54 Å². The van der Waals surface area contributed by atoms with Crippen molar-refractivity contribution < 1.29 is 18.3 Å². The first-order chi connectivity index (χ1) is 8.98. The van der Waals surface area contributed by atoms with Crippen LogP contribution in [0.2, 0.25) is 0 Å². The quantitative estimate of drug-likeness (QED) is 0.805. The van der Waals surface area contributed by atoms with Gasteiger partial charge in [0.1, 0.15) is 0 Å². The Labute approximate surface area is 112 Å². The smallest absolute Gasteiger partial charge is 0.396 e. The molecule has 19 heavy (non-hydrogen) atoms. The predicted molar refractivity (Wildman–Crippen MR) is 66.9 cm³/mol. The minimum atomic E-state index is -4.15. The van der Waals surface area contributed by atoms with Crippen LogP contribution in [-0.2, 0) is 0 Å². The van der Waals surface area contributed by atoms with Gasteiger partial charge in [0.2, 0.25) is 0 Å². The van der Waals surface area contributed by atoms with E-state index < -0.39 is 12.7 Å². The summed E-state index contributed by atoms with van der Waals surface area (Å²) in [7, 11) is 0. The number of nitrogens with one attached hydrogen (secondary N) is 1. The van der Waals surface area contributed by atoms with E-state index in [0.717, 1.165) is 25.8 Å². The zero-order valence-electron chi connectivity index (χ0n) is 11.1. The minimum Gasteiger partial charge on any atom is -0.396 e. The zero-order valence-corrected chi connectivity index (χ0v) is 11.1. The molecular weight excluding hydrogens is 257 g/mol. The molecule has 0 aromatic rings. The molecule has 0 aromatic carbocycles. The van der Waals surface area contributed by atoms with Crippen LogP contribution in [0.15, 0.2) is 0 Å². The van der Waals surface area contributed by atoms with Crippen molar-refractivity contribution in [3.63, 3.8) is 0 Å². The molecule has 2 fully saturated rings. The third kappa shape index (κ3) is 4.61. The third-order valence-electron chi connectivity index (χ3n) is 4.29. The molecule has 1 saturated heterocycles. The second kappa shape index (κ2) is 6.41. The number of halogens is 3. The van der Waals surface area contributed by atoms with Crippen LogP contribution in [0.4, 0.5) is 13.2 Å². The Bertz CT molecular complexity index is 282. The van der Waals surface area contributed by atoms with Crippen molar-refractivity contribution in [2.45, 2.75) is 50.4 Å². The van der Waals surface area contributed by atoms with Crippen LogP contribution in [0.3, 0.4) is 0 Å². The summed E-state index contributed by atoms with van der Waals surface area (Å²) < 4.78 is 36.8. The normalized spacial score (nSPS) is 30.3. The molecule has 0 spiro atoms. The molecule has 2 rings (SSSR count). The van der Waals surface area contributed by atoms with Gasteiger partial charge in [0.15, 0.2) is 0 Å². The fraction of sp³-hybridized carbons (Fsp3) is 1.00. The van der Waals surface area contributed by atoms with Crippen molar-refractivity contribution in [1.29, 1.82) is 0 Å². The maximum atomic E-state index is 12.3. The van der Waals surface area contributed by atoms with Crippen molar-refractivity contribution in [2.75, 3.05) is 26.2 Å². The number of hydrogen-bond donors (Lipinski definition) is 2. The Kier molecular flexibility index (Phi) is 5.09. The van der Waals surface area contributed by atoms with Crippen molar-refractivity contribution in [1.82, 2.24) is 10.2 Å². The lowest BCUT2D eigenvalue weighted by atomic mass is 9.85. The summed E-state index contributed by atoms with van der Waals surface area (Å²) in [5, 5.41) is 11.7. The van der Waals surface area contributed by atoms with Crippen LogP contribution < -0.4 is 5.32 Å². The number of rotatable bonds is 5. The maximum absolute atomic E-state index is 12.3. The number of piperidine rings is 1. The van der Waals surface area contributed by atoms with Gasteiger partial charge < -0.3 is 10.4 Å². The highest BCUT2D eigenvalue weighted by molar-refractivity contribution is 4.90. The number of likely N-dealkylation sites (tertiary alicyclic amines) is 1. The van der Waals surface area contributed by atoms with Gasteiger partial charge in [-0.2, -0.15) is 13.2 Å². The summed E-state index contributed by atoms with van der Waals surface area (Å²) in [6.45, 7) is 0.843. The van der Waals surface area contributed by atoms with Gasteiger partial charge in [-0.15, -0.1) is 0 Å². The van der Waals surface area contributed by atoms with Gasteiger partial charge in [-0.05, 0) is 31.6 Å². The number of nitrogens with zero attached hydrogens (tertiary/aromatic N) is 1. The molecule has 2 atom stereocenters. The molecule has 0 radical (unpaired) electrons. The SMILES string of the molecule is OCCC1CC(NCC(F)(F)F)CN(C2CCC2)C1. The van der Waals surface area contributed by atoms with Gasteiger partial charge in [-0.25, -0.2) is 0 Å². The van der Waals surface area contributed by atoms with E-state index in [0.29, 0.717) is 24.9 Å². The van der Waals surface area contributed by atoms with E-state index in [-0.39, 0.29) is 12.6 Å². The first-order valence-corrected chi connectivity index (χ1v) is 7.13. The first kappa shape index (κ1) is 15.1. The monoisotopic (exact) mass is 280 g/mol. The Morgan fingerprint density at radius 1 is 1.21 bits per heavy atom. The number of hydrogen-bond acceptors (Lipinski definition) is 3. The molecule has 2 aliphatic rings. The van der Waals surface area contributed by atoms with Gasteiger partial charge in [-0.1, -0.05) is 6.42 Å². The Balaban J connectivity index is 1.86. The Morgan fingerprint density at radius 2 is 1.95 bits per heavy atom. The number of alkyl halides is 3. The number of aliphatic hydroxyl groups is 1. The Morgan fingerprint density at radius 3 is 2.47 bits per heavy atom. The lowest BCUT2D eigenvalue weighted by molar-refractivity contribution is -0.127. The first-order valence-electron chi connectivity index (χ1n) is 7.13. The zero-order chi connectivity index (χ0) is 13.9. The second-order valence-electron chi connectivity index (χ2n) is 5.85. The molecule has 1 saturated carbocycles.